The lowest BCUT2D eigenvalue weighted by atomic mass is 10.1. The van der Waals surface area contributed by atoms with Crippen molar-refractivity contribution in [2.45, 2.75) is 52.6 Å². The Bertz CT molecular complexity index is 431. The van der Waals surface area contributed by atoms with Gasteiger partial charge in [-0.3, -0.25) is 4.79 Å². The Labute approximate surface area is 133 Å². The summed E-state index contributed by atoms with van der Waals surface area (Å²) in [6.07, 6.45) is -0.457. The quantitative estimate of drug-likeness (QED) is 0.710. The Kier molecular flexibility index (Phi) is 8.09. The lowest BCUT2D eigenvalue weighted by molar-refractivity contribution is -0.179. The van der Waals surface area contributed by atoms with Crippen molar-refractivity contribution < 1.29 is 14.3 Å². The van der Waals surface area contributed by atoms with Crippen LogP contribution < -0.4 is 5.73 Å². The number of benzene rings is 1. The number of carbonyl (C=O) groups excluding carboxylic acids is 1. The molecule has 0 aliphatic carbocycles. The summed E-state index contributed by atoms with van der Waals surface area (Å²) < 4.78 is 11.3. The van der Waals surface area contributed by atoms with E-state index in [9.17, 15) is 4.79 Å². The van der Waals surface area contributed by atoms with Gasteiger partial charge in [-0.15, -0.1) is 0 Å². The molecule has 2 N–H and O–H groups in total. The van der Waals surface area contributed by atoms with Gasteiger partial charge in [-0.1, -0.05) is 30.3 Å². The summed E-state index contributed by atoms with van der Waals surface area (Å²) in [5, 5.41) is 0. The second-order valence-electron chi connectivity index (χ2n) is 5.26. The molecule has 1 rings (SSSR count). The predicted molar refractivity (Wildman–Crippen MR) is 87.1 cm³/mol. The van der Waals surface area contributed by atoms with E-state index in [0.29, 0.717) is 19.8 Å². The second-order valence-corrected chi connectivity index (χ2v) is 5.26. The average molecular weight is 308 g/mol. The molecule has 1 aromatic rings. The molecule has 124 valence electrons. The van der Waals surface area contributed by atoms with E-state index in [1.165, 1.54) is 0 Å². The maximum atomic E-state index is 12.5. The van der Waals surface area contributed by atoms with Gasteiger partial charge in [0.2, 0.25) is 5.91 Å². The fourth-order valence-corrected chi connectivity index (χ4v) is 2.27. The SMILES string of the molecule is CCOC(OCC)[C@@H](C)N(Cc1ccccc1)C(=O)[C@H](C)N. The minimum Gasteiger partial charge on any atom is -0.351 e. The van der Waals surface area contributed by atoms with E-state index in [4.69, 9.17) is 15.2 Å². The van der Waals surface area contributed by atoms with E-state index in [0.717, 1.165) is 5.56 Å². The lowest BCUT2D eigenvalue weighted by Gasteiger charge is -2.35. The smallest absolute Gasteiger partial charge is 0.239 e. The molecule has 0 spiro atoms. The minimum absolute atomic E-state index is 0.110. The monoisotopic (exact) mass is 308 g/mol. The predicted octanol–water partition coefficient (Wildman–Crippen LogP) is 2.15. The molecule has 1 amide bonds. The molecule has 0 heterocycles. The Hall–Kier alpha value is -1.43. The Balaban J connectivity index is 2.95. The highest BCUT2D eigenvalue weighted by Crippen LogP contribution is 2.15. The molecule has 5 nitrogen and oxygen atoms in total. The van der Waals surface area contributed by atoms with E-state index >= 15 is 0 Å². The number of amides is 1. The molecule has 0 unspecified atom stereocenters. The Morgan fingerprint density at radius 1 is 1.14 bits per heavy atom. The van der Waals surface area contributed by atoms with Crippen LogP contribution in [0.2, 0.25) is 0 Å². The summed E-state index contributed by atoms with van der Waals surface area (Å²) in [7, 11) is 0. The maximum Gasteiger partial charge on any atom is 0.239 e. The minimum atomic E-state index is -0.560. The number of carbonyl (C=O) groups is 1. The van der Waals surface area contributed by atoms with Crippen LogP contribution in [0.5, 0.6) is 0 Å². The molecular formula is C17H28N2O3. The third-order valence-electron chi connectivity index (χ3n) is 3.42. The van der Waals surface area contributed by atoms with Gasteiger partial charge in [-0.2, -0.15) is 0 Å². The fourth-order valence-electron chi connectivity index (χ4n) is 2.27. The molecule has 5 heteroatoms. The molecule has 0 radical (unpaired) electrons. The Morgan fingerprint density at radius 3 is 2.14 bits per heavy atom. The van der Waals surface area contributed by atoms with Crippen LogP contribution in [0.1, 0.15) is 33.3 Å². The summed E-state index contributed by atoms with van der Waals surface area (Å²) in [5.74, 6) is -0.110. The first kappa shape index (κ1) is 18.6. The molecule has 0 aliphatic heterocycles. The number of nitrogens with zero attached hydrogens (tertiary/aromatic N) is 1. The average Bonchev–Trinajstić information content (AvgIpc) is 2.52. The van der Waals surface area contributed by atoms with Crippen molar-refractivity contribution in [1.82, 2.24) is 4.90 Å². The van der Waals surface area contributed by atoms with Crippen LogP contribution in [0.15, 0.2) is 30.3 Å². The second kappa shape index (κ2) is 9.56. The van der Waals surface area contributed by atoms with Crippen molar-refractivity contribution in [2.24, 2.45) is 5.73 Å². The number of hydrogen-bond acceptors (Lipinski definition) is 4. The van der Waals surface area contributed by atoms with Crippen LogP contribution in [-0.2, 0) is 20.8 Å². The van der Waals surface area contributed by atoms with Crippen LogP contribution in [0, 0.1) is 0 Å². The molecule has 0 saturated heterocycles. The highest BCUT2D eigenvalue weighted by molar-refractivity contribution is 5.81. The normalized spacial score (nSPS) is 13.9. The van der Waals surface area contributed by atoms with Gasteiger partial charge in [0.1, 0.15) is 0 Å². The van der Waals surface area contributed by atoms with E-state index in [2.05, 4.69) is 0 Å². The molecular weight excluding hydrogens is 280 g/mol. The van der Waals surface area contributed by atoms with Crippen molar-refractivity contribution in [1.29, 1.82) is 0 Å². The number of ether oxygens (including phenoxy) is 2. The highest BCUT2D eigenvalue weighted by Gasteiger charge is 2.29. The summed E-state index contributed by atoms with van der Waals surface area (Å²) in [5.41, 5.74) is 6.85. The summed E-state index contributed by atoms with van der Waals surface area (Å²) in [6, 6.07) is 9.06. The van der Waals surface area contributed by atoms with Crippen LogP contribution >= 0.6 is 0 Å². The molecule has 22 heavy (non-hydrogen) atoms. The molecule has 2 atom stereocenters. The maximum absolute atomic E-state index is 12.5. The molecule has 0 saturated carbocycles. The van der Waals surface area contributed by atoms with Gasteiger partial charge < -0.3 is 20.1 Å². The first-order chi connectivity index (χ1) is 10.5. The van der Waals surface area contributed by atoms with Crippen molar-refractivity contribution in [3.63, 3.8) is 0 Å². The summed E-state index contributed by atoms with van der Waals surface area (Å²) in [4.78, 5) is 14.2. The first-order valence-electron chi connectivity index (χ1n) is 7.84. The van der Waals surface area contributed by atoms with Crippen molar-refractivity contribution in [3.8, 4) is 0 Å². The zero-order valence-electron chi connectivity index (χ0n) is 14.0. The standard InChI is InChI=1S/C17H28N2O3/c1-5-21-17(22-6-2)14(4)19(16(20)13(3)18)12-15-10-8-7-9-11-15/h7-11,13-14,17H,5-6,12,18H2,1-4H3/t13-,14+/m0/s1. The molecule has 0 aliphatic rings. The lowest BCUT2D eigenvalue weighted by Crippen LogP contribution is -2.51. The van der Waals surface area contributed by atoms with E-state index in [1.54, 1.807) is 11.8 Å². The third kappa shape index (κ3) is 5.40. The van der Waals surface area contributed by atoms with Gasteiger partial charge in [0.15, 0.2) is 6.29 Å². The van der Waals surface area contributed by atoms with Crippen LogP contribution in [0.3, 0.4) is 0 Å². The Morgan fingerprint density at radius 2 is 1.68 bits per heavy atom. The molecule has 0 fully saturated rings. The number of rotatable bonds is 9. The van der Waals surface area contributed by atoms with E-state index < -0.39 is 12.3 Å². The number of nitrogens with two attached hydrogens (primary N) is 1. The van der Waals surface area contributed by atoms with Crippen molar-refractivity contribution in [2.75, 3.05) is 13.2 Å². The van der Waals surface area contributed by atoms with Crippen molar-refractivity contribution >= 4 is 5.91 Å². The van der Waals surface area contributed by atoms with Gasteiger partial charge in [0.05, 0.1) is 12.1 Å². The highest BCUT2D eigenvalue weighted by atomic mass is 16.7. The molecule has 1 aromatic carbocycles. The van der Waals surface area contributed by atoms with E-state index in [-0.39, 0.29) is 11.9 Å². The van der Waals surface area contributed by atoms with Crippen molar-refractivity contribution in [3.05, 3.63) is 35.9 Å². The fraction of sp³-hybridized carbons (Fsp3) is 0.588. The van der Waals surface area contributed by atoms with Gasteiger partial charge in [0, 0.05) is 19.8 Å². The first-order valence-corrected chi connectivity index (χ1v) is 7.84. The zero-order chi connectivity index (χ0) is 16.5. The van der Waals surface area contributed by atoms with Crippen LogP contribution in [0.4, 0.5) is 0 Å². The topological polar surface area (TPSA) is 64.8 Å². The van der Waals surface area contributed by atoms with Crippen LogP contribution in [0.25, 0.3) is 0 Å². The molecule has 0 aromatic heterocycles. The largest absolute Gasteiger partial charge is 0.351 e. The summed E-state index contributed by atoms with van der Waals surface area (Å²) in [6.45, 7) is 8.99. The zero-order valence-corrected chi connectivity index (χ0v) is 14.0. The van der Waals surface area contributed by atoms with Gasteiger partial charge >= 0.3 is 0 Å². The third-order valence-corrected chi connectivity index (χ3v) is 3.42. The number of hydrogen-bond donors (Lipinski definition) is 1. The van der Waals surface area contributed by atoms with Crippen LogP contribution in [-0.4, -0.2) is 42.4 Å². The molecule has 0 bridgehead atoms. The van der Waals surface area contributed by atoms with Gasteiger partial charge in [-0.05, 0) is 33.3 Å². The van der Waals surface area contributed by atoms with E-state index in [1.807, 2.05) is 51.1 Å². The van der Waals surface area contributed by atoms with Gasteiger partial charge in [0.25, 0.3) is 0 Å². The summed E-state index contributed by atoms with van der Waals surface area (Å²) >= 11 is 0. The van der Waals surface area contributed by atoms with Gasteiger partial charge in [-0.25, -0.2) is 0 Å².